The van der Waals surface area contributed by atoms with Crippen LogP contribution in [0.4, 0.5) is 5.69 Å². The van der Waals surface area contributed by atoms with Crippen molar-refractivity contribution in [1.29, 1.82) is 0 Å². The van der Waals surface area contributed by atoms with Gasteiger partial charge in [0.15, 0.2) is 6.61 Å². The molecule has 18 heavy (non-hydrogen) atoms. The number of anilines is 1. The lowest BCUT2D eigenvalue weighted by molar-refractivity contribution is -0.142. The molecule has 0 unspecified atom stereocenters. The van der Waals surface area contributed by atoms with Gasteiger partial charge < -0.3 is 10.1 Å². The van der Waals surface area contributed by atoms with Gasteiger partial charge in [0.05, 0.1) is 0 Å². The minimum absolute atomic E-state index is 0.282. The second-order valence-electron chi connectivity index (χ2n) is 3.95. The molecule has 0 aromatic heterocycles. The van der Waals surface area contributed by atoms with Crippen molar-refractivity contribution in [3.63, 3.8) is 0 Å². The van der Waals surface area contributed by atoms with Crippen molar-refractivity contribution in [1.82, 2.24) is 0 Å². The lowest BCUT2D eigenvalue weighted by Gasteiger charge is -2.07. The van der Waals surface area contributed by atoms with Gasteiger partial charge in [0, 0.05) is 11.8 Å². The maximum absolute atomic E-state index is 11.5. The molecule has 0 saturated heterocycles. The highest BCUT2D eigenvalue weighted by Gasteiger charge is 2.05. The summed E-state index contributed by atoms with van der Waals surface area (Å²) in [6.45, 7) is 5.39. The van der Waals surface area contributed by atoms with E-state index in [0.29, 0.717) is 5.69 Å². The molecule has 1 aromatic carbocycles. The van der Waals surface area contributed by atoms with E-state index in [1.807, 2.05) is 32.0 Å². The van der Waals surface area contributed by atoms with Gasteiger partial charge >= 0.3 is 5.97 Å². The first kappa shape index (κ1) is 14.0. The molecule has 0 bridgehead atoms. The zero-order valence-corrected chi connectivity index (χ0v) is 10.8. The van der Waals surface area contributed by atoms with Crippen LogP contribution < -0.4 is 5.32 Å². The Morgan fingerprint density at radius 3 is 2.61 bits per heavy atom. The van der Waals surface area contributed by atoms with Crippen molar-refractivity contribution in [2.45, 2.75) is 20.8 Å². The molecule has 1 N–H and O–H groups in total. The molecule has 4 heteroatoms. The highest BCUT2D eigenvalue weighted by Crippen LogP contribution is 2.13. The standard InChI is InChI=1S/C14H17NO3/c1-4-5-14(17)18-9-13(16)15-12-7-6-10(2)11(3)8-12/h4-8H,9H2,1-3H3,(H,15,16)/b5-4+. The highest BCUT2D eigenvalue weighted by molar-refractivity contribution is 5.93. The highest BCUT2D eigenvalue weighted by atomic mass is 16.5. The molecule has 0 fully saturated rings. The molecule has 0 aliphatic heterocycles. The third-order valence-corrected chi connectivity index (χ3v) is 2.44. The van der Waals surface area contributed by atoms with E-state index in [2.05, 4.69) is 5.32 Å². The Hall–Kier alpha value is -2.10. The second-order valence-corrected chi connectivity index (χ2v) is 3.95. The number of allylic oxidation sites excluding steroid dienone is 1. The van der Waals surface area contributed by atoms with E-state index in [0.717, 1.165) is 11.1 Å². The molecule has 0 atom stereocenters. The molecule has 0 heterocycles. The Balaban J connectivity index is 2.49. The number of nitrogens with one attached hydrogen (secondary N) is 1. The minimum Gasteiger partial charge on any atom is -0.452 e. The third kappa shape index (κ3) is 4.41. The van der Waals surface area contributed by atoms with Crippen LogP contribution in [0.2, 0.25) is 0 Å². The fourth-order valence-corrected chi connectivity index (χ4v) is 1.34. The van der Waals surface area contributed by atoms with Crippen LogP contribution >= 0.6 is 0 Å². The first-order chi connectivity index (χ1) is 8.52. The summed E-state index contributed by atoms with van der Waals surface area (Å²) < 4.78 is 4.73. The van der Waals surface area contributed by atoms with Gasteiger partial charge in [-0.1, -0.05) is 12.1 Å². The lowest BCUT2D eigenvalue weighted by atomic mass is 10.1. The van der Waals surface area contributed by atoms with E-state index in [-0.39, 0.29) is 12.5 Å². The number of ether oxygens (including phenoxy) is 1. The van der Waals surface area contributed by atoms with Crippen molar-refractivity contribution in [3.8, 4) is 0 Å². The van der Waals surface area contributed by atoms with Crippen LogP contribution in [0.15, 0.2) is 30.4 Å². The summed E-state index contributed by atoms with van der Waals surface area (Å²) in [7, 11) is 0. The van der Waals surface area contributed by atoms with Gasteiger partial charge in [-0.3, -0.25) is 4.79 Å². The number of carbonyl (C=O) groups is 2. The molecule has 1 rings (SSSR count). The van der Waals surface area contributed by atoms with E-state index in [1.165, 1.54) is 6.08 Å². The maximum atomic E-state index is 11.5. The Labute approximate surface area is 107 Å². The smallest absolute Gasteiger partial charge is 0.330 e. The Kier molecular flexibility index (Phi) is 5.11. The number of esters is 1. The van der Waals surface area contributed by atoms with Gasteiger partial charge in [0.2, 0.25) is 0 Å². The third-order valence-electron chi connectivity index (χ3n) is 2.44. The Morgan fingerprint density at radius 2 is 2.00 bits per heavy atom. The fourth-order valence-electron chi connectivity index (χ4n) is 1.34. The monoisotopic (exact) mass is 247 g/mol. The van der Waals surface area contributed by atoms with Crippen molar-refractivity contribution in [2.24, 2.45) is 0 Å². The number of aryl methyl sites for hydroxylation is 2. The predicted molar refractivity (Wildman–Crippen MR) is 70.3 cm³/mol. The van der Waals surface area contributed by atoms with Crippen LogP contribution in [-0.2, 0) is 14.3 Å². The van der Waals surface area contributed by atoms with E-state index < -0.39 is 5.97 Å². The number of benzene rings is 1. The summed E-state index contributed by atoms with van der Waals surface area (Å²) in [6.07, 6.45) is 2.83. The van der Waals surface area contributed by atoms with E-state index in [9.17, 15) is 9.59 Å². The molecular formula is C14H17NO3. The molecule has 1 aromatic rings. The van der Waals surface area contributed by atoms with Gasteiger partial charge in [-0.2, -0.15) is 0 Å². The van der Waals surface area contributed by atoms with Crippen LogP contribution in [0, 0.1) is 13.8 Å². The molecule has 4 nitrogen and oxygen atoms in total. The second kappa shape index (κ2) is 6.59. The normalized spacial score (nSPS) is 10.4. The van der Waals surface area contributed by atoms with Crippen LogP contribution in [0.25, 0.3) is 0 Å². The van der Waals surface area contributed by atoms with Crippen LogP contribution in [0.5, 0.6) is 0 Å². The van der Waals surface area contributed by atoms with Crippen LogP contribution in [0.3, 0.4) is 0 Å². The summed E-state index contributed by atoms with van der Waals surface area (Å²) in [5, 5.41) is 2.67. The molecule has 0 aliphatic carbocycles. The molecule has 0 saturated carbocycles. The molecule has 0 radical (unpaired) electrons. The zero-order chi connectivity index (χ0) is 13.5. The summed E-state index contributed by atoms with van der Waals surface area (Å²) in [5.41, 5.74) is 2.96. The lowest BCUT2D eigenvalue weighted by Crippen LogP contribution is -2.20. The van der Waals surface area contributed by atoms with Crippen molar-refractivity contribution >= 4 is 17.6 Å². The van der Waals surface area contributed by atoms with Crippen LogP contribution in [0.1, 0.15) is 18.1 Å². The largest absolute Gasteiger partial charge is 0.452 e. The number of hydrogen-bond donors (Lipinski definition) is 1. The van der Waals surface area contributed by atoms with Gasteiger partial charge in [0.25, 0.3) is 5.91 Å². The number of carbonyl (C=O) groups excluding carboxylic acids is 2. The van der Waals surface area contributed by atoms with Gasteiger partial charge in [-0.25, -0.2) is 4.79 Å². The topological polar surface area (TPSA) is 55.4 Å². The Bertz CT molecular complexity index is 478. The van der Waals surface area contributed by atoms with Crippen molar-refractivity contribution in [3.05, 3.63) is 41.5 Å². The average Bonchev–Trinajstić information content (AvgIpc) is 2.32. The maximum Gasteiger partial charge on any atom is 0.330 e. The van der Waals surface area contributed by atoms with Crippen molar-refractivity contribution in [2.75, 3.05) is 11.9 Å². The SMILES string of the molecule is C/C=C/C(=O)OCC(=O)Nc1ccc(C)c(C)c1. The first-order valence-corrected chi connectivity index (χ1v) is 5.69. The number of rotatable bonds is 4. The first-order valence-electron chi connectivity index (χ1n) is 5.69. The quantitative estimate of drug-likeness (QED) is 0.656. The van der Waals surface area contributed by atoms with Gasteiger partial charge in [0.1, 0.15) is 0 Å². The summed E-state index contributed by atoms with van der Waals surface area (Å²) in [4.78, 5) is 22.5. The molecule has 96 valence electrons. The predicted octanol–water partition coefficient (Wildman–Crippen LogP) is 2.36. The number of amides is 1. The summed E-state index contributed by atoms with van der Waals surface area (Å²) in [5.74, 6) is -0.871. The minimum atomic E-state index is -0.521. The van der Waals surface area contributed by atoms with Crippen molar-refractivity contribution < 1.29 is 14.3 Å². The zero-order valence-electron chi connectivity index (χ0n) is 10.8. The van der Waals surface area contributed by atoms with Crippen LogP contribution in [-0.4, -0.2) is 18.5 Å². The number of hydrogen-bond acceptors (Lipinski definition) is 3. The summed E-state index contributed by atoms with van der Waals surface area (Å²) in [6, 6.07) is 5.62. The van der Waals surface area contributed by atoms with Gasteiger partial charge in [-0.05, 0) is 44.0 Å². The molecule has 1 amide bonds. The molecular weight excluding hydrogens is 230 g/mol. The van der Waals surface area contributed by atoms with E-state index in [4.69, 9.17) is 4.74 Å². The Morgan fingerprint density at radius 1 is 1.28 bits per heavy atom. The average molecular weight is 247 g/mol. The molecule has 0 aliphatic rings. The fraction of sp³-hybridized carbons (Fsp3) is 0.286. The summed E-state index contributed by atoms with van der Waals surface area (Å²) >= 11 is 0. The van der Waals surface area contributed by atoms with E-state index in [1.54, 1.807) is 13.0 Å². The van der Waals surface area contributed by atoms with E-state index >= 15 is 0 Å². The van der Waals surface area contributed by atoms with Gasteiger partial charge in [-0.15, -0.1) is 0 Å². The molecule has 0 spiro atoms.